The van der Waals surface area contributed by atoms with E-state index in [-0.39, 0.29) is 0 Å². The predicted molar refractivity (Wildman–Crippen MR) is 84.6 cm³/mol. The van der Waals surface area contributed by atoms with Crippen LogP contribution in [0, 0.1) is 18.3 Å². The molecule has 0 atom stereocenters. The fourth-order valence-corrected chi connectivity index (χ4v) is 2.52. The van der Waals surface area contributed by atoms with Gasteiger partial charge in [-0.2, -0.15) is 5.26 Å². The number of pyridine rings is 1. The van der Waals surface area contributed by atoms with Crippen LogP contribution in [0.2, 0.25) is 0 Å². The van der Waals surface area contributed by atoms with Crippen LogP contribution in [0.5, 0.6) is 0 Å². The summed E-state index contributed by atoms with van der Waals surface area (Å²) in [5.74, 6) is 0. The Morgan fingerprint density at radius 2 is 1.91 bits per heavy atom. The molecular weight excluding hydrogens is 277 g/mol. The number of hydrogen-bond acceptors (Lipinski definition) is 4. The molecule has 0 aliphatic carbocycles. The molecule has 1 aromatic carbocycles. The summed E-state index contributed by atoms with van der Waals surface area (Å²) in [7, 11) is -1.45. The lowest BCUT2D eigenvalue weighted by atomic mass is 9.80. The largest absolute Gasteiger partial charge is 0.488 e. The van der Waals surface area contributed by atoms with Gasteiger partial charge in [0.15, 0.2) is 0 Å². The number of rotatable bonds is 3. The second-order valence-corrected chi connectivity index (χ2v) is 5.20. The summed E-state index contributed by atoms with van der Waals surface area (Å²) in [6.07, 6.45) is 0. The van der Waals surface area contributed by atoms with E-state index in [0.717, 1.165) is 22.3 Å². The van der Waals surface area contributed by atoms with Crippen molar-refractivity contribution < 1.29 is 10.0 Å². The first kappa shape index (κ1) is 14.3. The minimum Gasteiger partial charge on any atom is -0.423 e. The third kappa shape index (κ3) is 2.60. The average molecular weight is 291 g/mol. The Morgan fingerprint density at radius 3 is 2.55 bits per heavy atom. The van der Waals surface area contributed by atoms with E-state index >= 15 is 0 Å². The maximum atomic E-state index is 9.12. The SMILES string of the molecule is Cc1cc2nc(C#N)ccc2n1Cc1ccc(B(O)O)cc1. The van der Waals surface area contributed by atoms with Crippen molar-refractivity contribution in [1.82, 2.24) is 9.55 Å². The molecule has 0 aliphatic heterocycles. The molecule has 0 saturated heterocycles. The van der Waals surface area contributed by atoms with E-state index in [9.17, 15) is 0 Å². The van der Waals surface area contributed by atoms with Crippen molar-refractivity contribution in [1.29, 1.82) is 5.26 Å². The first-order valence-corrected chi connectivity index (χ1v) is 6.90. The summed E-state index contributed by atoms with van der Waals surface area (Å²) >= 11 is 0. The lowest BCUT2D eigenvalue weighted by Gasteiger charge is -2.09. The van der Waals surface area contributed by atoms with E-state index in [1.807, 2.05) is 37.3 Å². The first-order chi connectivity index (χ1) is 10.6. The predicted octanol–water partition coefficient (Wildman–Crippen LogP) is 0.944. The van der Waals surface area contributed by atoms with Crippen LogP contribution in [0.4, 0.5) is 0 Å². The molecule has 0 unspecified atom stereocenters. The third-order valence-corrected chi connectivity index (χ3v) is 3.70. The fraction of sp³-hybridized carbons (Fsp3) is 0.125. The molecule has 0 saturated carbocycles. The van der Waals surface area contributed by atoms with E-state index in [2.05, 4.69) is 9.55 Å². The molecule has 2 N–H and O–H groups in total. The molecule has 0 bridgehead atoms. The van der Waals surface area contributed by atoms with Gasteiger partial charge in [-0.15, -0.1) is 0 Å². The summed E-state index contributed by atoms with van der Waals surface area (Å²) in [6, 6.07) is 14.8. The number of nitriles is 1. The highest BCUT2D eigenvalue weighted by molar-refractivity contribution is 6.58. The van der Waals surface area contributed by atoms with Crippen molar-refractivity contribution in [2.75, 3.05) is 0 Å². The molecule has 5 nitrogen and oxygen atoms in total. The number of aromatic nitrogens is 2. The quantitative estimate of drug-likeness (QED) is 0.704. The van der Waals surface area contributed by atoms with Gasteiger partial charge in [0, 0.05) is 12.2 Å². The number of aryl methyl sites for hydroxylation is 1. The number of fused-ring (bicyclic) bond motifs is 1. The third-order valence-electron chi connectivity index (χ3n) is 3.70. The van der Waals surface area contributed by atoms with Crippen molar-refractivity contribution >= 4 is 23.6 Å². The molecule has 0 radical (unpaired) electrons. The second kappa shape index (κ2) is 5.64. The summed E-state index contributed by atoms with van der Waals surface area (Å²) in [6.45, 7) is 2.66. The van der Waals surface area contributed by atoms with Crippen LogP contribution in [0.1, 0.15) is 17.0 Å². The van der Waals surface area contributed by atoms with E-state index in [1.54, 1.807) is 18.2 Å². The minimum absolute atomic E-state index is 0.408. The highest BCUT2D eigenvalue weighted by Gasteiger charge is 2.11. The Bertz CT molecular complexity index is 863. The average Bonchev–Trinajstić information content (AvgIpc) is 2.83. The first-order valence-electron chi connectivity index (χ1n) is 6.90. The van der Waals surface area contributed by atoms with Crippen LogP contribution in [0.15, 0.2) is 42.5 Å². The van der Waals surface area contributed by atoms with Gasteiger partial charge in [-0.05, 0) is 36.1 Å². The Morgan fingerprint density at radius 1 is 1.18 bits per heavy atom. The lowest BCUT2D eigenvalue weighted by molar-refractivity contribution is 0.426. The Balaban J connectivity index is 1.96. The highest BCUT2D eigenvalue weighted by Crippen LogP contribution is 2.19. The summed E-state index contributed by atoms with van der Waals surface area (Å²) in [4.78, 5) is 4.31. The fourth-order valence-electron chi connectivity index (χ4n) is 2.52. The zero-order valence-electron chi connectivity index (χ0n) is 12.1. The van der Waals surface area contributed by atoms with Crippen LogP contribution in [-0.4, -0.2) is 26.7 Å². The minimum atomic E-state index is -1.45. The Hall–Kier alpha value is -2.62. The van der Waals surface area contributed by atoms with Gasteiger partial charge in [-0.1, -0.05) is 24.3 Å². The highest BCUT2D eigenvalue weighted by atomic mass is 16.4. The van der Waals surface area contributed by atoms with E-state index in [0.29, 0.717) is 17.7 Å². The molecule has 108 valence electrons. The Kier molecular flexibility index (Phi) is 3.67. The molecule has 3 rings (SSSR count). The van der Waals surface area contributed by atoms with Crippen LogP contribution in [-0.2, 0) is 6.54 Å². The molecule has 22 heavy (non-hydrogen) atoms. The summed E-state index contributed by atoms with van der Waals surface area (Å²) < 4.78 is 2.12. The smallest absolute Gasteiger partial charge is 0.423 e. The monoisotopic (exact) mass is 291 g/mol. The van der Waals surface area contributed by atoms with Gasteiger partial charge < -0.3 is 14.6 Å². The van der Waals surface area contributed by atoms with Gasteiger partial charge in [0.2, 0.25) is 0 Å². The van der Waals surface area contributed by atoms with Crippen LogP contribution < -0.4 is 5.46 Å². The molecule has 0 amide bonds. The van der Waals surface area contributed by atoms with Gasteiger partial charge in [-0.25, -0.2) is 4.98 Å². The zero-order valence-corrected chi connectivity index (χ0v) is 12.1. The summed E-state index contributed by atoms with van der Waals surface area (Å²) in [5.41, 5.74) is 4.77. The van der Waals surface area contributed by atoms with E-state index in [4.69, 9.17) is 15.3 Å². The molecule has 0 spiro atoms. The van der Waals surface area contributed by atoms with Gasteiger partial charge in [0.25, 0.3) is 0 Å². The zero-order chi connectivity index (χ0) is 15.7. The molecule has 0 aliphatic rings. The maximum Gasteiger partial charge on any atom is 0.488 e. The van der Waals surface area contributed by atoms with Crippen LogP contribution >= 0.6 is 0 Å². The van der Waals surface area contributed by atoms with Crippen molar-refractivity contribution in [3.63, 3.8) is 0 Å². The summed E-state index contributed by atoms with van der Waals surface area (Å²) in [5, 5.41) is 27.2. The van der Waals surface area contributed by atoms with E-state index in [1.165, 1.54) is 0 Å². The normalized spacial score (nSPS) is 10.6. The molecule has 6 heteroatoms. The Labute approximate surface area is 128 Å². The van der Waals surface area contributed by atoms with Gasteiger partial charge in [0.05, 0.1) is 11.0 Å². The molecule has 3 aromatic rings. The molecule has 2 heterocycles. The molecule has 0 fully saturated rings. The van der Waals surface area contributed by atoms with Gasteiger partial charge in [-0.3, -0.25) is 0 Å². The maximum absolute atomic E-state index is 9.12. The van der Waals surface area contributed by atoms with Crippen molar-refractivity contribution in [3.8, 4) is 6.07 Å². The van der Waals surface area contributed by atoms with Crippen molar-refractivity contribution in [2.45, 2.75) is 13.5 Å². The second-order valence-electron chi connectivity index (χ2n) is 5.20. The van der Waals surface area contributed by atoms with Gasteiger partial charge >= 0.3 is 7.12 Å². The van der Waals surface area contributed by atoms with Crippen molar-refractivity contribution in [2.24, 2.45) is 0 Å². The van der Waals surface area contributed by atoms with Crippen LogP contribution in [0.25, 0.3) is 11.0 Å². The van der Waals surface area contributed by atoms with Gasteiger partial charge in [0.1, 0.15) is 11.8 Å². The lowest BCUT2D eigenvalue weighted by Crippen LogP contribution is -2.29. The topological polar surface area (TPSA) is 82.1 Å². The van der Waals surface area contributed by atoms with Crippen LogP contribution in [0.3, 0.4) is 0 Å². The van der Waals surface area contributed by atoms with Crippen molar-refractivity contribution in [3.05, 3.63) is 59.4 Å². The standard InChI is InChI=1S/C16H14BN3O2/c1-11-8-15-16(7-6-14(9-18)19-15)20(11)10-12-2-4-13(5-3-12)17(21)22/h2-8,21-22H,10H2,1H3. The van der Waals surface area contributed by atoms with E-state index < -0.39 is 7.12 Å². The molecule has 2 aromatic heterocycles. The number of benzene rings is 1. The number of hydrogen-bond donors (Lipinski definition) is 2. The number of nitrogens with zero attached hydrogens (tertiary/aromatic N) is 3. The molecular formula is C16H14BN3O2.